The van der Waals surface area contributed by atoms with Gasteiger partial charge in [0.25, 0.3) is 5.91 Å². The third-order valence-electron chi connectivity index (χ3n) is 7.78. The molecule has 0 spiro atoms. The number of nitrogens with one attached hydrogen (secondary N) is 1. The molecule has 2 aromatic rings. The van der Waals surface area contributed by atoms with Crippen molar-refractivity contribution >= 4 is 22.7 Å². The van der Waals surface area contributed by atoms with Gasteiger partial charge >= 0.3 is 6.55 Å². The number of hydrogen-bond acceptors (Lipinski definition) is 5. The Morgan fingerprint density at radius 2 is 1.77 bits per heavy atom. The molecule has 0 saturated carbocycles. The zero-order valence-corrected chi connectivity index (χ0v) is 19.8. The summed E-state index contributed by atoms with van der Waals surface area (Å²) >= 11 is 0. The topological polar surface area (TPSA) is 73.7 Å². The fourth-order valence-electron chi connectivity index (χ4n) is 5.98. The zero-order valence-electron chi connectivity index (χ0n) is 19.8. The highest BCUT2D eigenvalue weighted by Crippen LogP contribution is 2.36. The van der Waals surface area contributed by atoms with Crippen molar-refractivity contribution in [1.82, 2.24) is 29.8 Å². The number of aromatic nitrogens is 2. The van der Waals surface area contributed by atoms with E-state index in [2.05, 4.69) is 20.2 Å². The fourth-order valence-corrected chi connectivity index (χ4v) is 5.98. The van der Waals surface area contributed by atoms with Gasteiger partial charge in [0.15, 0.2) is 5.69 Å². The van der Waals surface area contributed by atoms with Gasteiger partial charge in [0, 0.05) is 69.7 Å². The van der Waals surface area contributed by atoms with E-state index in [-0.39, 0.29) is 28.5 Å². The molecule has 1 N–H and O–H groups in total. The third-order valence-corrected chi connectivity index (χ3v) is 7.78. The van der Waals surface area contributed by atoms with E-state index >= 15 is 0 Å². The highest BCUT2D eigenvalue weighted by atomic mass is 19.3. The van der Waals surface area contributed by atoms with E-state index < -0.39 is 18.3 Å². The number of rotatable bonds is 6. The maximum Gasteiger partial charge on any atom is 0.333 e. The first-order valence-electron chi connectivity index (χ1n) is 12.3. The van der Waals surface area contributed by atoms with Crippen molar-refractivity contribution in [2.45, 2.75) is 57.3 Å². The SMILES string of the molecule is CC(=O)N1CCN(CCN2[C@@H]3CC[C@H]2C[C@H](NC(=O)c2nn(C(F)F)c4ccc(F)cc24)C3)CC1. The number of piperazine rings is 1. The number of fused-ring (bicyclic) bond motifs is 3. The molecule has 3 fully saturated rings. The standard InChI is InChI=1S/C24H31F3N6O2/c1-15(34)31-9-6-30(7-10-31)8-11-32-18-3-4-19(32)14-17(13-18)28-23(35)22-20-12-16(25)2-5-21(20)33(29-22)24(26)27/h2,5,12,17-19,24H,3-4,6-11,13-14H2,1H3,(H,28,35)/t17-,18-,19+. The van der Waals surface area contributed by atoms with Crippen molar-refractivity contribution in [1.29, 1.82) is 0 Å². The lowest BCUT2D eigenvalue weighted by Gasteiger charge is -2.41. The van der Waals surface area contributed by atoms with Crippen LogP contribution in [0.5, 0.6) is 0 Å². The minimum atomic E-state index is -2.92. The second-order valence-corrected chi connectivity index (χ2v) is 9.84. The van der Waals surface area contributed by atoms with Crippen LogP contribution in [0.2, 0.25) is 0 Å². The molecule has 2 amide bonds. The number of piperidine rings is 1. The monoisotopic (exact) mass is 492 g/mol. The maximum atomic E-state index is 13.8. The predicted octanol–water partition coefficient (Wildman–Crippen LogP) is 2.46. The van der Waals surface area contributed by atoms with Gasteiger partial charge < -0.3 is 10.2 Å². The summed E-state index contributed by atoms with van der Waals surface area (Å²) in [6.45, 7) is 3.93. The van der Waals surface area contributed by atoms with Gasteiger partial charge in [-0.2, -0.15) is 13.9 Å². The van der Waals surface area contributed by atoms with Gasteiger partial charge in [-0.25, -0.2) is 9.07 Å². The number of halogens is 3. The first-order valence-corrected chi connectivity index (χ1v) is 12.3. The van der Waals surface area contributed by atoms with Crippen LogP contribution >= 0.6 is 0 Å². The Morgan fingerprint density at radius 1 is 1.09 bits per heavy atom. The van der Waals surface area contributed by atoms with Crippen LogP contribution in [0.3, 0.4) is 0 Å². The molecule has 5 rings (SSSR count). The molecule has 11 heteroatoms. The van der Waals surface area contributed by atoms with Crippen molar-refractivity contribution in [3.63, 3.8) is 0 Å². The summed E-state index contributed by atoms with van der Waals surface area (Å²) in [4.78, 5) is 31.3. The van der Waals surface area contributed by atoms with Crippen molar-refractivity contribution in [3.8, 4) is 0 Å². The number of benzene rings is 1. The number of hydrogen-bond donors (Lipinski definition) is 1. The van der Waals surface area contributed by atoms with Crippen molar-refractivity contribution < 1.29 is 22.8 Å². The first-order chi connectivity index (χ1) is 16.8. The quantitative estimate of drug-likeness (QED) is 0.671. The zero-order chi connectivity index (χ0) is 24.7. The van der Waals surface area contributed by atoms with Crippen LogP contribution in [0.15, 0.2) is 18.2 Å². The number of amides is 2. The molecule has 3 aliphatic rings. The second-order valence-electron chi connectivity index (χ2n) is 9.84. The van der Waals surface area contributed by atoms with Crippen LogP contribution in [0.25, 0.3) is 10.9 Å². The molecule has 190 valence electrons. The van der Waals surface area contributed by atoms with E-state index in [1.807, 2.05) is 4.90 Å². The average Bonchev–Trinajstić information content (AvgIpc) is 3.32. The van der Waals surface area contributed by atoms with Crippen LogP contribution < -0.4 is 5.32 Å². The highest BCUT2D eigenvalue weighted by molar-refractivity contribution is 6.05. The van der Waals surface area contributed by atoms with Gasteiger partial charge in [-0.15, -0.1) is 0 Å². The van der Waals surface area contributed by atoms with Gasteiger partial charge in [-0.3, -0.25) is 19.4 Å². The Kier molecular flexibility index (Phi) is 6.71. The normalized spacial score (nSPS) is 25.5. The summed E-state index contributed by atoms with van der Waals surface area (Å²) in [6, 6.07) is 4.05. The van der Waals surface area contributed by atoms with Gasteiger partial charge in [-0.1, -0.05) is 0 Å². The molecule has 2 bridgehead atoms. The molecule has 8 nitrogen and oxygen atoms in total. The van der Waals surface area contributed by atoms with E-state index in [4.69, 9.17) is 0 Å². The molecular formula is C24H31F3N6O2. The summed E-state index contributed by atoms with van der Waals surface area (Å²) in [7, 11) is 0. The van der Waals surface area contributed by atoms with Gasteiger partial charge in [0.05, 0.1) is 5.52 Å². The third kappa shape index (κ3) is 4.88. The van der Waals surface area contributed by atoms with Gasteiger partial charge in [0.2, 0.25) is 5.91 Å². The van der Waals surface area contributed by atoms with Crippen molar-refractivity contribution in [2.75, 3.05) is 39.3 Å². The minimum Gasteiger partial charge on any atom is -0.348 e. The molecule has 1 aromatic carbocycles. The Labute approximate surface area is 202 Å². The van der Waals surface area contributed by atoms with Crippen LogP contribution in [0.1, 0.15) is 49.6 Å². The first kappa shape index (κ1) is 24.1. The Hall–Kier alpha value is -2.66. The number of carbonyl (C=O) groups excluding carboxylic acids is 2. The van der Waals surface area contributed by atoms with Gasteiger partial charge in [-0.05, 0) is 43.9 Å². The summed E-state index contributed by atoms with van der Waals surface area (Å²) < 4.78 is 41.0. The Balaban J connectivity index is 1.19. The van der Waals surface area contributed by atoms with Crippen molar-refractivity contribution in [3.05, 3.63) is 29.7 Å². The summed E-state index contributed by atoms with van der Waals surface area (Å²) in [5.74, 6) is -1.01. The van der Waals surface area contributed by atoms with Crippen LogP contribution in [0.4, 0.5) is 13.2 Å². The smallest absolute Gasteiger partial charge is 0.333 e. The van der Waals surface area contributed by atoms with E-state index in [9.17, 15) is 22.8 Å². The second kappa shape index (κ2) is 9.77. The molecule has 3 saturated heterocycles. The molecule has 3 aliphatic heterocycles. The molecule has 3 atom stereocenters. The molecule has 0 unspecified atom stereocenters. The Bertz CT molecular complexity index is 1090. The molecule has 35 heavy (non-hydrogen) atoms. The van der Waals surface area contributed by atoms with E-state index in [0.29, 0.717) is 16.8 Å². The minimum absolute atomic E-state index is 0.0329. The number of carbonyl (C=O) groups is 2. The van der Waals surface area contributed by atoms with Gasteiger partial charge in [0.1, 0.15) is 5.82 Å². The lowest BCUT2D eigenvalue weighted by atomic mass is 9.97. The largest absolute Gasteiger partial charge is 0.348 e. The number of nitrogens with zero attached hydrogens (tertiary/aromatic N) is 5. The van der Waals surface area contributed by atoms with Crippen molar-refractivity contribution in [2.24, 2.45) is 0 Å². The molecule has 0 aliphatic carbocycles. The molecule has 0 radical (unpaired) electrons. The maximum absolute atomic E-state index is 13.8. The van der Waals surface area contributed by atoms with E-state index in [0.717, 1.165) is 77.1 Å². The molecular weight excluding hydrogens is 461 g/mol. The summed E-state index contributed by atoms with van der Waals surface area (Å²) in [5, 5.41) is 6.88. The van der Waals surface area contributed by atoms with Crippen LogP contribution in [-0.4, -0.2) is 93.7 Å². The molecule has 1 aromatic heterocycles. The number of alkyl halides is 2. The summed E-state index contributed by atoms with van der Waals surface area (Å²) in [6.07, 6.45) is 3.73. The van der Waals surface area contributed by atoms with E-state index in [1.54, 1.807) is 6.92 Å². The van der Waals surface area contributed by atoms with Crippen LogP contribution in [-0.2, 0) is 4.79 Å². The fraction of sp³-hybridized carbons (Fsp3) is 0.625. The molecule has 4 heterocycles. The lowest BCUT2D eigenvalue weighted by molar-refractivity contribution is -0.130. The van der Waals surface area contributed by atoms with Crippen LogP contribution in [0, 0.1) is 5.82 Å². The average molecular weight is 493 g/mol. The summed E-state index contributed by atoms with van der Waals surface area (Å²) in [5.41, 5.74) is -0.134. The Morgan fingerprint density at radius 3 is 2.40 bits per heavy atom. The highest BCUT2D eigenvalue weighted by Gasteiger charge is 2.41. The van der Waals surface area contributed by atoms with E-state index in [1.165, 1.54) is 6.07 Å². The predicted molar refractivity (Wildman–Crippen MR) is 124 cm³/mol. The lowest BCUT2D eigenvalue weighted by Crippen LogP contribution is -2.54.